The van der Waals surface area contributed by atoms with Crippen molar-refractivity contribution >= 4 is 17.2 Å². The Labute approximate surface area is 119 Å². The van der Waals surface area contributed by atoms with Crippen molar-refractivity contribution < 1.29 is 5.11 Å². The molecule has 19 heavy (non-hydrogen) atoms. The fraction of sp³-hybridized carbons (Fsp3) is 0.571. The zero-order valence-corrected chi connectivity index (χ0v) is 12.1. The van der Waals surface area contributed by atoms with E-state index in [0.717, 1.165) is 31.4 Å². The van der Waals surface area contributed by atoms with Crippen LogP contribution < -0.4 is 5.73 Å². The number of hydrogen-bond acceptors (Lipinski definition) is 4. The van der Waals surface area contributed by atoms with Gasteiger partial charge in [0.05, 0.1) is 11.8 Å². The minimum Gasteiger partial charge on any atom is -0.391 e. The summed E-state index contributed by atoms with van der Waals surface area (Å²) < 4.78 is 0. The maximum Gasteiger partial charge on any atom is 0.122 e. The highest BCUT2D eigenvalue weighted by Crippen LogP contribution is 2.23. The molecule has 0 bridgehead atoms. The molecule has 5 heteroatoms. The van der Waals surface area contributed by atoms with Crippen LogP contribution in [0.1, 0.15) is 36.9 Å². The van der Waals surface area contributed by atoms with E-state index in [1.165, 1.54) is 6.42 Å². The molecule has 2 unspecified atom stereocenters. The van der Waals surface area contributed by atoms with Gasteiger partial charge in [0.25, 0.3) is 0 Å². The van der Waals surface area contributed by atoms with Gasteiger partial charge >= 0.3 is 0 Å². The topological polar surface area (TPSA) is 62.4 Å². The van der Waals surface area contributed by atoms with Crippen molar-refractivity contribution in [1.82, 2.24) is 9.88 Å². The lowest BCUT2D eigenvalue weighted by Crippen LogP contribution is -2.42. The van der Waals surface area contributed by atoms with Gasteiger partial charge in [0, 0.05) is 18.8 Å². The molecule has 0 spiro atoms. The number of aliphatic hydroxyl groups is 1. The van der Waals surface area contributed by atoms with Gasteiger partial charge in [-0.05, 0) is 37.6 Å². The first-order valence-corrected chi connectivity index (χ1v) is 7.12. The average molecular weight is 279 g/mol. The van der Waals surface area contributed by atoms with E-state index >= 15 is 0 Å². The number of nitrogens with zero attached hydrogens (tertiary/aromatic N) is 2. The highest BCUT2D eigenvalue weighted by molar-refractivity contribution is 7.80. The first kappa shape index (κ1) is 14.4. The Bertz CT molecular complexity index is 452. The summed E-state index contributed by atoms with van der Waals surface area (Å²) in [5.41, 5.74) is 7.37. The fourth-order valence-corrected chi connectivity index (χ4v) is 2.83. The van der Waals surface area contributed by atoms with E-state index in [2.05, 4.69) is 16.9 Å². The molecular formula is C14H21N3OS. The van der Waals surface area contributed by atoms with E-state index in [-0.39, 0.29) is 12.1 Å². The second-order valence-corrected chi connectivity index (χ2v) is 5.69. The van der Waals surface area contributed by atoms with Crippen molar-refractivity contribution in [3.05, 3.63) is 29.6 Å². The molecule has 0 radical (unpaired) electrons. The summed E-state index contributed by atoms with van der Waals surface area (Å²) in [6, 6.07) is 4.14. The Morgan fingerprint density at radius 1 is 1.53 bits per heavy atom. The third-order valence-electron chi connectivity index (χ3n) is 3.77. The molecule has 1 fully saturated rings. The third kappa shape index (κ3) is 3.72. The highest BCUT2D eigenvalue weighted by Gasteiger charge is 2.26. The lowest BCUT2D eigenvalue weighted by atomic mass is 9.91. The van der Waals surface area contributed by atoms with Crippen molar-refractivity contribution in [2.75, 3.05) is 7.05 Å². The van der Waals surface area contributed by atoms with Crippen LogP contribution in [0.2, 0.25) is 0 Å². The van der Waals surface area contributed by atoms with Crippen molar-refractivity contribution in [3.8, 4) is 0 Å². The van der Waals surface area contributed by atoms with Crippen LogP contribution in [0.15, 0.2) is 18.3 Å². The maximum absolute atomic E-state index is 10.1. The SMILES string of the molecule is CN(Cc1ccnc(C(N)=S)c1)C1CCCCC1O. The molecule has 4 nitrogen and oxygen atoms in total. The second-order valence-electron chi connectivity index (χ2n) is 5.25. The fourth-order valence-electron chi connectivity index (χ4n) is 2.72. The minimum atomic E-state index is -0.212. The summed E-state index contributed by atoms with van der Waals surface area (Å²) in [5, 5.41) is 10.1. The van der Waals surface area contributed by atoms with Crippen LogP contribution in [-0.4, -0.2) is 39.2 Å². The van der Waals surface area contributed by atoms with E-state index in [0.29, 0.717) is 10.7 Å². The van der Waals surface area contributed by atoms with Crippen LogP contribution >= 0.6 is 12.2 Å². The number of aliphatic hydroxyl groups excluding tert-OH is 1. The van der Waals surface area contributed by atoms with Gasteiger partial charge in [0.2, 0.25) is 0 Å². The zero-order chi connectivity index (χ0) is 13.8. The standard InChI is InChI=1S/C14H21N3OS/c1-17(12-4-2-3-5-13(12)18)9-10-6-7-16-11(8-10)14(15)19/h6-8,12-13,18H,2-5,9H2,1H3,(H2,15,19). The van der Waals surface area contributed by atoms with Gasteiger partial charge in [-0.15, -0.1) is 0 Å². The van der Waals surface area contributed by atoms with Crippen LogP contribution in [0, 0.1) is 0 Å². The molecule has 2 rings (SSSR count). The molecule has 0 aromatic carbocycles. The largest absolute Gasteiger partial charge is 0.391 e. The van der Waals surface area contributed by atoms with E-state index < -0.39 is 0 Å². The van der Waals surface area contributed by atoms with Crippen LogP contribution in [0.3, 0.4) is 0 Å². The van der Waals surface area contributed by atoms with Gasteiger partial charge < -0.3 is 10.8 Å². The van der Waals surface area contributed by atoms with Crippen LogP contribution in [0.4, 0.5) is 0 Å². The Hall–Kier alpha value is -1.04. The number of rotatable bonds is 4. The lowest BCUT2D eigenvalue weighted by molar-refractivity contribution is 0.0288. The molecule has 1 aromatic rings. The number of likely N-dealkylation sites (N-methyl/N-ethyl adjacent to an activating group) is 1. The zero-order valence-electron chi connectivity index (χ0n) is 11.2. The van der Waals surface area contributed by atoms with Crippen molar-refractivity contribution in [1.29, 1.82) is 0 Å². The molecular weight excluding hydrogens is 258 g/mol. The van der Waals surface area contributed by atoms with E-state index in [9.17, 15) is 5.11 Å². The summed E-state index contributed by atoms with van der Waals surface area (Å²) in [4.78, 5) is 6.67. The Morgan fingerprint density at radius 2 is 2.26 bits per heavy atom. The summed E-state index contributed by atoms with van der Waals surface area (Å²) >= 11 is 4.94. The Balaban J connectivity index is 2.03. The van der Waals surface area contributed by atoms with Gasteiger partial charge in [-0.25, -0.2) is 0 Å². The summed E-state index contributed by atoms with van der Waals surface area (Å²) in [7, 11) is 2.06. The predicted molar refractivity (Wildman–Crippen MR) is 79.9 cm³/mol. The molecule has 1 heterocycles. The average Bonchev–Trinajstić information content (AvgIpc) is 2.39. The molecule has 0 saturated heterocycles. The number of hydrogen-bond donors (Lipinski definition) is 2. The highest BCUT2D eigenvalue weighted by atomic mass is 32.1. The molecule has 1 aliphatic rings. The molecule has 1 aliphatic carbocycles. The smallest absolute Gasteiger partial charge is 0.122 e. The van der Waals surface area contributed by atoms with Crippen molar-refractivity contribution in [2.45, 2.75) is 44.4 Å². The third-order valence-corrected chi connectivity index (χ3v) is 3.98. The number of nitrogens with two attached hydrogens (primary N) is 1. The van der Waals surface area contributed by atoms with Gasteiger partial charge in [0.15, 0.2) is 0 Å². The van der Waals surface area contributed by atoms with Crippen molar-refractivity contribution in [3.63, 3.8) is 0 Å². The molecule has 0 amide bonds. The van der Waals surface area contributed by atoms with Gasteiger partial charge in [-0.3, -0.25) is 9.88 Å². The number of aromatic nitrogens is 1. The lowest BCUT2D eigenvalue weighted by Gasteiger charge is -2.35. The maximum atomic E-state index is 10.1. The number of pyridine rings is 1. The quantitative estimate of drug-likeness (QED) is 0.817. The predicted octanol–water partition coefficient (Wildman–Crippen LogP) is 1.45. The second kappa shape index (κ2) is 6.41. The minimum absolute atomic E-state index is 0.212. The van der Waals surface area contributed by atoms with Crippen LogP contribution in [0.5, 0.6) is 0 Å². The van der Waals surface area contributed by atoms with E-state index in [1.54, 1.807) is 6.20 Å². The molecule has 0 aliphatic heterocycles. The Kier molecular flexibility index (Phi) is 4.85. The molecule has 104 valence electrons. The van der Waals surface area contributed by atoms with Gasteiger partial charge in [0.1, 0.15) is 4.99 Å². The summed E-state index contributed by atoms with van der Waals surface area (Å²) in [5.74, 6) is 0. The summed E-state index contributed by atoms with van der Waals surface area (Å²) in [6.45, 7) is 0.778. The van der Waals surface area contributed by atoms with Crippen LogP contribution in [0.25, 0.3) is 0 Å². The Morgan fingerprint density at radius 3 is 2.95 bits per heavy atom. The normalized spacial score (nSPS) is 23.5. The van der Waals surface area contributed by atoms with Gasteiger partial charge in [-0.1, -0.05) is 25.1 Å². The van der Waals surface area contributed by atoms with E-state index in [1.807, 2.05) is 12.1 Å². The van der Waals surface area contributed by atoms with E-state index in [4.69, 9.17) is 18.0 Å². The first-order chi connectivity index (χ1) is 9.08. The summed E-state index contributed by atoms with van der Waals surface area (Å²) in [6.07, 6.45) is 5.81. The molecule has 3 N–H and O–H groups in total. The molecule has 2 atom stereocenters. The van der Waals surface area contributed by atoms with Gasteiger partial charge in [-0.2, -0.15) is 0 Å². The number of thiocarbonyl (C=S) groups is 1. The molecule has 1 saturated carbocycles. The first-order valence-electron chi connectivity index (χ1n) is 6.71. The van der Waals surface area contributed by atoms with Crippen LogP contribution in [-0.2, 0) is 6.54 Å². The van der Waals surface area contributed by atoms with Crippen molar-refractivity contribution in [2.24, 2.45) is 5.73 Å². The monoisotopic (exact) mass is 279 g/mol. The molecule has 1 aromatic heterocycles.